The van der Waals surface area contributed by atoms with Crippen molar-refractivity contribution in [2.75, 3.05) is 0 Å². The first-order valence-corrected chi connectivity index (χ1v) is 13.6. The Morgan fingerprint density at radius 3 is 1.73 bits per heavy atom. The first kappa shape index (κ1) is 25.2. The largest absolute Gasteiger partial charge is 0.282 e. The number of halogens is 1. The molecule has 2 atom stereocenters. The minimum Gasteiger partial charge on any atom is -0.272 e. The van der Waals surface area contributed by atoms with E-state index >= 15 is 0 Å². The van der Waals surface area contributed by atoms with Gasteiger partial charge in [-0.3, -0.25) is 24.5 Å². The summed E-state index contributed by atoms with van der Waals surface area (Å²) in [5.74, 6) is -3.99. The number of hydrogen-bond acceptors (Lipinski definition) is 5. The van der Waals surface area contributed by atoms with Gasteiger partial charge in [0, 0.05) is 22.9 Å². The maximum absolute atomic E-state index is 14.4. The summed E-state index contributed by atoms with van der Waals surface area (Å²) in [6.07, 6.45) is 0. The SMILES string of the molecule is O=C(c1ccccc1[N+](=O)[O-])N(Cc1ccccc1Cl)N1C(=O)[C@H]2C3c4ccccc4C(c4ccccc43)[C@@H]2C1=O. The summed E-state index contributed by atoms with van der Waals surface area (Å²) < 4.78 is 0. The van der Waals surface area contributed by atoms with Gasteiger partial charge in [-0.25, -0.2) is 5.01 Å². The topological polar surface area (TPSA) is 101 Å². The highest BCUT2D eigenvalue weighted by atomic mass is 35.5. The predicted molar refractivity (Wildman–Crippen MR) is 150 cm³/mol. The second kappa shape index (κ2) is 9.38. The van der Waals surface area contributed by atoms with Crippen molar-refractivity contribution in [3.63, 3.8) is 0 Å². The van der Waals surface area contributed by atoms with Gasteiger partial charge >= 0.3 is 0 Å². The number of para-hydroxylation sites is 1. The molecule has 1 saturated heterocycles. The molecule has 3 amide bonds. The van der Waals surface area contributed by atoms with E-state index in [1.54, 1.807) is 24.3 Å². The lowest BCUT2D eigenvalue weighted by atomic mass is 9.55. The highest BCUT2D eigenvalue weighted by Crippen LogP contribution is 2.61. The third-order valence-electron chi connectivity index (χ3n) is 8.51. The Balaban J connectivity index is 1.38. The Morgan fingerprint density at radius 2 is 1.22 bits per heavy atom. The maximum atomic E-state index is 14.4. The smallest absolute Gasteiger partial charge is 0.272 e. The molecule has 2 bridgehead atoms. The van der Waals surface area contributed by atoms with Crippen LogP contribution in [0, 0.1) is 22.0 Å². The van der Waals surface area contributed by atoms with Crippen LogP contribution in [0.3, 0.4) is 0 Å². The average Bonchev–Trinajstić information content (AvgIpc) is 3.26. The number of nitro groups is 1. The monoisotopic (exact) mass is 563 g/mol. The van der Waals surface area contributed by atoms with Gasteiger partial charge in [0.25, 0.3) is 23.4 Å². The third kappa shape index (κ3) is 3.64. The molecule has 1 heterocycles. The number of rotatable bonds is 5. The first-order valence-electron chi connectivity index (χ1n) is 13.2. The van der Waals surface area contributed by atoms with E-state index < -0.39 is 40.2 Å². The molecule has 0 aromatic heterocycles. The van der Waals surface area contributed by atoms with Gasteiger partial charge in [-0.05, 0) is 39.9 Å². The number of carbonyl (C=O) groups excluding carboxylic acids is 3. The van der Waals surface area contributed by atoms with Crippen LogP contribution < -0.4 is 0 Å². The highest BCUT2D eigenvalue weighted by Gasteiger charge is 2.63. The van der Waals surface area contributed by atoms with Crippen LogP contribution in [-0.2, 0) is 16.1 Å². The fourth-order valence-electron chi connectivity index (χ4n) is 6.87. The number of benzene rings is 4. The summed E-state index contributed by atoms with van der Waals surface area (Å²) in [7, 11) is 0. The van der Waals surface area contributed by atoms with Crippen molar-refractivity contribution in [3.8, 4) is 0 Å². The maximum Gasteiger partial charge on any atom is 0.282 e. The molecule has 202 valence electrons. The van der Waals surface area contributed by atoms with Crippen molar-refractivity contribution >= 4 is 35.0 Å². The van der Waals surface area contributed by atoms with E-state index in [1.807, 2.05) is 48.5 Å². The summed E-state index contributed by atoms with van der Waals surface area (Å²) in [6, 6.07) is 28.0. The van der Waals surface area contributed by atoms with E-state index in [0.717, 1.165) is 32.3 Å². The molecule has 8 nitrogen and oxygen atoms in total. The van der Waals surface area contributed by atoms with E-state index in [2.05, 4.69) is 0 Å². The molecule has 0 radical (unpaired) electrons. The van der Waals surface area contributed by atoms with Crippen molar-refractivity contribution in [3.05, 3.63) is 146 Å². The summed E-state index contributed by atoms with van der Waals surface area (Å²) in [6.45, 7) is -0.225. The second-order valence-electron chi connectivity index (χ2n) is 10.5. The summed E-state index contributed by atoms with van der Waals surface area (Å²) in [5, 5.41) is 14.1. The highest BCUT2D eigenvalue weighted by molar-refractivity contribution is 6.31. The quantitative estimate of drug-likeness (QED) is 0.176. The van der Waals surface area contributed by atoms with Crippen LogP contribution >= 0.6 is 11.6 Å². The van der Waals surface area contributed by atoms with Gasteiger partial charge in [0.05, 0.1) is 23.3 Å². The Bertz CT molecular complexity index is 1670. The van der Waals surface area contributed by atoms with E-state index in [9.17, 15) is 24.5 Å². The van der Waals surface area contributed by atoms with Gasteiger partial charge in [0.2, 0.25) is 0 Å². The van der Waals surface area contributed by atoms with Crippen LogP contribution in [0.4, 0.5) is 5.69 Å². The molecule has 0 unspecified atom stereocenters. The van der Waals surface area contributed by atoms with Gasteiger partial charge in [0.15, 0.2) is 0 Å². The number of hydrazine groups is 1. The van der Waals surface area contributed by atoms with Crippen molar-refractivity contribution in [2.45, 2.75) is 18.4 Å². The van der Waals surface area contributed by atoms with Gasteiger partial charge in [-0.1, -0.05) is 90.5 Å². The Kier molecular flexibility index (Phi) is 5.76. The molecule has 1 fully saturated rings. The molecule has 0 saturated carbocycles. The van der Waals surface area contributed by atoms with Crippen LogP contribution in [0.5, 0.6) is 0 Å². The van der Waals surface area contributed by atoms with Crippen LogP contribution in [0.15, 0.2) is 97.1 Å². The Hall–Kier alpha value is -4.82. The molecule has 4 aliphatic rings. The Morgan fingerprint density at radius 1 is 0.756 bits per heavy atom. The lowest BCUT2D eigenvalue weighted by Crippen LogP contribution is -2.50. The fourth-order valence-corrected chi connectivity index (χ4v) is 7.07. The van der Waals surface area contributed by atoms with Crippen LogP contribution in [0.1, 0.15) is 50.0 Å². The average molecular weight is 564 g/mol. The number of amides is 3. The number of carbonyl (C=O) groups is 3. The number of imide groups is 1. The lowest BCUT2D eigenvalue weighted by Gasteiger charge is -2.45. The molecule has 3 aliphatic carbocycles. The molecular formula is C32H22ClN3O5. The summed E-state index contributed by atoms with van der Waals surface area (Å²) in [5.41, 5.74) is 3.86. The molecule has 0 spiro atoms. The molecule has 41 heavy (non-hydrogen) atoms. The molecule has 1 aliphatic heterocycles. The molecule has 4 aromatic carbocycles. The molecule has 9 heteroatoms. The first-order chi connectivity index (χ1) is 19.9. The zero-order chi connectivity index (χ0) is 28.4. The van der Waals surface area contributed by atoms with E-state index in [0.29, 0.717) is 10.6 Å². The van der Waals surface area contributed by atoms with Crippen molar-refractivity contribution in [1.29, 1.82) is 0 Å². The van der Waals surface area contributed by atoms with Crippen LogP contribution in [-0.4, -0.2) is 32.7 Å². The second-order valence-corrected chi connectivity index (χ2v) is 10.9. The zero-order valence-corrected chi connectivity index (χ0v) is 22.3. The predicted octanol–water partition coefficient (Wildman–Crippen LogP) is 5.70. The van der Waals surface area contributed by atoms with Crippen molar-refractivity contribution in [2.24, 2.45) is 11.8 Å². The normalized spacial score (nSPS) is 21.7. The standard InChI is InChI=1S/C32H22ClN3O5/c33-24-15-7-1-9-18(24)17-34(30(37)23-14-6-8-16-25(23)36(40)41)35-31(38)28-26-19-10-2-3-11-20(19)27(29(28)32(35)39)22-13-5-4-12-21(22)26/h1-16,26-29H,17H2/t26?,27?,28-,29-/m0/s1. The number of hydrogen-bond donors (Lipinski definition) is 0. The van der Waals surface area contributed by atoms with Gasteiger partial charge in [0.1, 0.15) is 5.56 Å². The fraction of sp³-hybridized carbons (Fsp3) is 0.156. The summed E-state index contributed by atoms with van der Waals surface area (Å²) in [4.78, 5) is 54.0. The lowest BCUT2D eigenvalue weighted by molar-refractivity contribution is -0.385. The molecule has 0 N–H and O–H groups in total. The van der Waals surface area contributed by atoms with Crippen LogP contribution in [0.2, 0.25) is 5.02 Å². The minimum atomic E-state index is -0.833. The molecular weight excluding hydrogens is 542 g/mol. The Labute approximate surface area is 239 Å². The van der Waals surface area contributed by atoms with E-state index in [4.69, 9.17) is 11.6 Å². The molecule has 4 aromatic rings. The van der Waals surface area contributed by atoms with Gasteiger partial charge < -0.3 is 0 Å². The van der Waals surface area contributed by atoms with Crippen LogP contribution in [0.25, 0.3) is 0 Å². The minimum absolute atomic E-state index is 0.225. The number of nitrogens with zero attached hydrogens (tertiary/aromatic N) is 3. The van der Waals surface area contributed by atoms with Crippen molar-refractivity contribution in [1.82, 2.24) is 10.0 Å². The van der Waals surface area contributed by atoms with Crippen molar-refractivity contribution < 1.29 is 19.3 Å². The third-order valence-corrected chi connectivity index (χ3v) is 8.88. The van der Waals surface area contributed by atoms with E-state index in [-0.39, 0.29) is 23.9 Å². The van der Waals surface area contributed by atoms with Gasteiger partial charge in [-0.2, -0.15) is 5.01 Å². The number of nitro benzene ring substituents is 1. The summed E-state index contributed by atoms with van der Waals surface area (Å²) >= 11 is 6.45. The van der Waals surface area contributed by atoms with Gasteiger partial charge in [-0.15, -0.1) is 0 Å². The molecule has 8 rings (SSSR count). The van der Waals surface area contributed by atoms with E-state index in [1.165, 1.54) is 24.3 Å². The zero-order valence-electron chi connectivity index (χ0n) is 21.5.